The normalized spacial score (nSPS) is 13.7. The zero-order valence-electron chi connectivity index (χ0n) is 16.3. The summed E-state index contributed by atoms with van der Waals surface area (Å²) in [4.78, 5) is 32.4. The van der Waals surface area contributed by atoms with Gasteiger partial charge in [-0.1, -0.05) is 0 Å². The second-order valence-corrected chi connectivity index (χ2v) is 25.3. The van der Waals surface area contributed by atoms with Crippen LogP contribution in [0.25, 0.3) is 0 Å². The zero-order valence-corrected chi connectivity index (χ0v) is 21.7. The van der Waals surface area contributed by atoms with E-state index < -0.39 is 33.0 Å². The fourth-order valence-electron chi connectivity index (χ4n) is 1.69. The summed E-state index contributed by atoms with van der Waals surface area (Å²) in [6.45, 7) is 7.19. The van der Waals surface area contributed by atoms with Crippen LogP contribution in [0.15, 0.2) is 0 Å². The van der Waals surface area contributed by atoms with Crippen molar-refractivity contribution in [3.63, 3.8) is 0 Å². The van der Waals surface area contributed by atoms with Crippen LogP contribution in [0.4, 0.5) is 0 Å². The maximum absolute atomic E-state index is 11.2. The van der Waals surface area contributed by atoms with E-state index in [2.05, 4.69) is 42.0 Å². The predicted molar refractivity (Wildman–Crippen MR) is 113 cm³/mol. The number of hydrogen-bond donors (Lipinski definition) is 3. The Morgan fingerprint density at radius 1 is 1.16 bits per heavy atom. The molecule has 0 aromatic carbocycles. The second kappa shape index (κ2) is 13.5. The van der Waals surface area contributed by atoms with Crippen LogP contribution >= 0.6 is 20.0 Å². The van der Waals surface area contributed by atoms with Gasteiger partial charge in [0, 0.05) is 0 Å². The molecule has 2 unspecified atom stereocenters. The molecule has 0 saturated heterocycles. The molecule has 0 bridgehead atoms. The maximum atomic E-state index is 11.2. The summed E-state index contributed by atoms with van der Waals surface area (Å²) >= 11 is -1.65. The average Bonchev–Trinajstić information content (AvgIpc) is 2.42. The Kier molecular flexibility index (Phi) is 15.0. The number of carboxylic acids is 1. The molecule has 0 aromatic heterocycles. The molecule has 0 saturated carbocycles. The number of hydrogen-bond acceptors (Lipinski definition) is 6. The van der Waals surface area contributed by atoms with Gasteiger partial charge in [-0.2, -0.15) is 0 Å². The van der Waals surface area contributed by atoms with Crippen LogP contribution < -0.4 is 11.1 Å². The van der Waals surface area contributed by atoms with Gasteiger partial charge in [-0.25, -0.2) is 0 Å². The van der Waals surface area contributed by atoms with E-state index in [1.165, 1.54) is 0 Å². The molecule has 4 N–H and O–H groups in total. The third-order valence-corrected chi connectivity index (χ3v) is 14.7. The monoisotopic (exact) mass is 518 g/mol. The van der Waals surface area contributed by atoms with Gasteiger partial charge in [0.05, 0.1) is 0 Å². The molecular weight excluding hydrogens is 486 g/mol. The molecular formula is C15H32As2N2O4S2. The zero-order chi connectivity index (χ0) is 20.4. The van der Waals surface area contributed by atoms with E-state index in [0.29, 0.717) is 0 Å². The van der Waals surface area contributed by atoms with E-state index >= 15 is 0 Å². The topological polar surface area (TPSA) is 109 Å². The van der Waals surface area contributed by atoms with Crippen LogP contribution in [0.3, 0.4) is 0 Å². The second-order valence-electron chi connectivity index (χ2n) is 6.27. The number of nitrogens with two attached hydrogens (primary N) is 1. The Morgan fingerprint density at radius 2 is 1.64 bits per heavy atom. The summed E-state index contributed by atoms with van der Waals surface area (Å²) < 4.78 is -0.0880. The van der Waals surface area contributed by atoms with Crippen LogP contribution in [0, 0.1) is 0 Å². The molecule has 0 radical (unpaired) electrons. The molecule has 1 amide bonds. The molecule has 0 heterocycles. The molecule has 0 spiro atoms. The summed E-state index contributed by atoms with van der Waals surface area (Å²) in [6, 6.07) is -0.320. The molecule has 0 aromatic rings. The van der Waals surface area contributed by atoms with Crippen LogP contribution in [-0.2, 0) is 14.4 Å². The first-order chi connectivity index (χ1) is 11.2. The van der Waals surface area contributed by atoms with Crippen molar-refractivity contribution >= 4 is 64.7 Å². The van der Waals surface area contributed by atoms with Crippen LogP contribution in [-0.4, -0.2) is 72.3 Å². The first-order valence-electron chi connectivity index (χ1n) is 7.66. The fraction of sp³-hybridized carbons (Fsp3) is 0.800. The van der Waals surface area contributed by atoms with Crippen molar-refractivity contribution in [1.29, 1.82) is 0 Å². The van der Waals surface area contributed by atoms with E-state index in [1.54, 1.807) is 23.9 Å². The number of carboxylic acid groups (broad SMARTS) is 1. The van der Waals surface area contributed by atoms with Crippen LogP contribution in [0.1, 0.15) is 27.7 Å². The number of ketones is 1. The van der Waals surface area contributed by atoms with Gasteiger partial charge in [-0.15, -0.1) is 0 Å². The quantitative estimate of drug-likeness (QED) is 0.402. The summed E-state index contributed by atoms with van der Waals surface area (Å²) in [5.41, 5.74) is 14.6. The molecule has 0 rings (SSSR count). The number of carbonyl (C=O) groups is 3. The van der Waals surface area contributed by atoms with E-state index in [4.69, 9.17) is 10.8 Å². The van der Waals surface area contributed by atoms with Gasteiger partial charge < -0.3 is 0 Å². The third-order valence-electron chi connectivity index (χ3n) is 2.76. The summed E-state index contributed by atoms with van der Waals surface area (Å²) in [6.07, 6.45) is 0. The van der Waals surface area contributed by atoms with Gasteiger partial charge in [0.25, 0.3) is 0 Å². The SMILES string of the molecule is CC(=O)C(N)C(C)(C)S[As](C)C.CC(S[As](C)C)C(=O)NCC(=O)O. The number of carbonyl (C=O) groups excluding carboxylic acids is 2. The Hall–Kier alpha value is 0.387. The molecule has 0 aliphatic rings. The Bertz CT molecular complexity index is 449. The standard InChI is InChI=1S/C8H18AsNOS.C7H14AsNO3S/c1-6(11)7(10)8(2,3)12-9(4)5;1-5(13-8(2)3)7(12)9-4-6(10)11/h7H,10H2,1-5H3;5H,4H2,1-3H3,(H,9,12)(H,10,11). The number of Topliss-reactive ketones (excluding diaryl/α,β-unsaturated/α-hetero) is 1. The molecule has 25 heavy (non-hydrogen) atoms. The van der Waals surface area contributed by atoms with Crippen molar-refractivity contribution in [1.82, 2.24) is 5.32 Å². The molecule has 6 nitrogen and oxygen atoms in total. The molecule has 0 aliphatic carbocycles. The van der Waals surface area contributed by atoms with Gasteiger partial charge >= 0.3 is 168 Å². The van der Waals surface area contributed by atoms with Gasteiger partial charge in [0.2, 0.25) is 0 Å². The van der Waals surface area contributed by atoms with Gasteiger partial charge in [-0.05, 0) is 0 Å². The molecule has 10 heteroatoms. The van der Waals surface area contributed by atoms with Crippen LogP contribution in [0.5, 0.6) is 0 Å². The summed E-state index contributed by atoms with van der Waals surface area (Å²) in [5, 5.41) is 10.5. The van der Waals surface area contributed by atoms with Gasteiger partial charge in [0.15, 0.2) is 0 Å². The van der Waals surface area contributed by atoms with E-state index in [-0.39, 0.29) is 34.3 Å². The van der Waals surface area contributed by atoms with Crippen molar-refractivity contribution in [3.05, 3.63) is 0 Å². The third kappa shape index (κ3) is 15.2. The van der Waals surface area contributed by atoms with Crippen molar-refractivity contribution in [2.45, 2.75) is 66.6 Å². The number of nitrogens with one attached hydrogen (secondary N) is 1. The van der Waals surface area contributed by atoms with Gasteiger partial charge in [-0.3, -0.25) is 0 Å². The average molecular weight is 518 g/mol. The Morgan fingerprint density at radius 3 is 1.96 bits per heavy atom. The molecule has 0 fully saturated rings. The van der Waals surface area contributed by atoms with Crippen LogP contribution in [0.2, 0.25) is 22.8 Å². The minimum absolute atomic E-state index is 0.0864. The minimum atomic E-state index is -1.01. The fourth-order valence-corrected chi connectivity index (χ4v) is 14.9. The molecule has 148 valence electrons. The Labute approximate surface area is 167 Å². The number of aliphatic carboxylic acids is 1. The summed E-state index contributed by atoms with van der Waals surface area (Å²) in [5.74, 6) is -1.10. The predicted octanol–water partition coefficient (Wildman–Crippen LogP) is 2.23. The number of rotatable bonds is 9. The first kappa shape index (κ1) is 27.6. The molecule has 2 atom stereocenters. The van der Waals surface area contributed by atoms with E-state index in [0.717, 1.165) is 0 Å². The number of amides is 1. The van der Waals surface area contributed by atoms with Crippen molar-refractivity contribution in [2.24, 2.45) is 5.73 Å². The van der Waals surface area contributed by atoms with Crippen molar-refractivity contribution in [3.8, 4) is 0 Å². The Balaban J connectivity index is 0. The van der Waals surface area contributed by atoms with Crippen molar-refractivity contribution < 1.29 is 19.5 Å². The van der Waals surface area contributed by atoms with E-state index in [1.807, 2.05) is 10.0 Å². The molecule has 0 aliphatic heterocycles. The summed E-state index contributed by atoms with van der Waals surface area (Å²) in [7, 11) is 3.55. The van der Waals surface area contributed by atoms with E-state index in [9.17, 15) is 14.4 Å². The van der Waals surface area contributed by atoms with Crippen molar-refractivity contribution in [2.75, 3.05) is 6.54 Å². The first-order valence-corrected chi connectivity index (χ1v) is 21.4. The van der Waals surface area contributed by atoms with Gasteiger partial charge in [0.1, 0.15) is 0 Å².